The summed E-state index contributed by atoms with van der Waals surface area (Å²) in [6, 6.07) is 14.9. The third-order valence-corrected chi connectivity index (χ3v) is 6.30. The lowest BCUT2D eigenvalue weighted by Gasteiger charge is -2.39. The Bertz CT molecular complexity index is 1320. The molecule has 3 heterocycles. The zero-order valence-electron chi connectivity index (χ0n) is 21.4. The van der Waals surface area contributed by atoms with Crippen LogP contribution in [0.2, 0.25) is 0 Å². The molecule has 0 spiro atoms. The maximum atomic E-state index is 12.5. The second-order valence-corrected chi connectivity index (χ2v) is 9.36. The number of aromatic nitrogens is 2. The van der Waals surface area contributed by atoms with E-state index in [1.54, 1.807) is 31.2 Å². The Morgan fingerprint density at radius 1 is 1.16 bits per heavy atom. The fourth-order valence-electron chi connectivity index (χ4n) is 4.45. The molecule has 3 aromatic rings. The van der Waals surface area contributed by atoms with Crippen LogP contribution >= 0.6 is 0 Å². The number of nitriles is 1. The molecule has 0 fully saturated rings. The molecule has 1 N–H and O–H groups in total. The van der Waals surface area contributed by atoms with Gasteiger partial charge in [-0.2, -0.15) is 5.26 Å². The number of hydrogen-bond donors (Lipinski definition) is 1. The van der Waals surface area contributed by atoms with Gasteiger partial charge in [-0.15, -0.1) is 0 Å². The molecule has 4 rings (SSSR count). The maximum absolute atomic E-state index is 12.5. The molecule has 2 atom stereocenters. The molecule has 0 saturated heterocycles. The standard InChI is InChI=1S/C28H30N6O3/c1-18-13-25(32-27-10-5-20(15-29)16-31-27)23-14-21(7-9-26(23)34(18)19(2)35)24-8-6-22(17-30-24)28(36)37-12-11-33(3)4/h5-10,14,16-18,25H,11-13H2,1-4H3,(H,31,32)/t18-,25+/m0/s1. The van der Waals surface area contributed by atoms with Crippen LogP contribution in [0, 0.1) is 11.3 Å². The summed E-state index contributed by atoms with van der Waals surface area (Å²) in [5.41, 5.74) is 4.24. The number of rotatable bonds is 7. The van der Waals surface area contributed by atoms with Gasteiger partial charge in [-0.05, 0) is 69.4 Å². The van der Waals surface area contributed by atoms with E-state index >= 15 is 0 Å². The van der Waals surface area contributed by atoms with Crippen LogP contribution in [0.1, 0.15) is 47.8 Å². The number of anilines is 2. The van der Waals surface area contributed by atoms with Gasteiger partial charge < -0.3 is 19.9 Å². The van der Waals surface area contributed by atoms with Gasteiger partial charge in [-0.3, -0.25) is 9.78 Å². The molecule has 190 valence electrons. The van der Waals surface area contributed by atoms with Gasteiger partial charge in [0.25, 0.3) is 0 Å². The molecule has 1 aliphatic heterocycles. The van der Waals surface area contributed by atoms with Crippen LogP contribution in [0.5, 0.6) is 0 Å². The fraction of sp³-hybridized carbons (Fsp3) is 0.321. The van der Waals surface area contributed by atoms with Crippen molar-refractivity contribution in [3.63, 3.8) is 0 Å². The number of fused-ring (bicyclic) bond motifs is 1. The first-order valence-electron chi connectivity index (χ1n) is 12.1. The van der Waals surface area contributed by atoms with E-state index in [0.29, 0.717) is 42.2 Å². The van der Waals surface area contributed by atoms with Crippen LogP contribution in [0.15, 0.2) is 54.9 Å². The number of carbonyl (C=O) groups excluding carboxylic acids is 2. The van der Waals surface area contributed by atoms with Gasteiger partial charge in [-0.1, -0.05) is 6.07 Å². The molecule has 9 heteroatoms. The molecule has 0 saturated carbocycles. The van der Waals surface area contributed by atoms with Gasteiger partial charge >= 0.3 is 5.97 Å². The summed E-state index contributed by atoms with van der Waals surface area (Å²) >= 11 is 0. The Morgan fingerprint density at radius 2 is 1.97 bits per heavy atom. The van der Waals surface area contributed by atoms with Crippen LogP contribution in [0.4, 0.5) is 11.5 Å². The number of amides is 1. The third-order valence-electron chi connectivity index (χ3n) is 6.30. The van der Waals surface area contributed by atoms with E-state index in [1.165, 1.54) is 12.4 Å². The summed E-state index contributed by atoms with van der Waals surface area (Å²) in [5.74, 6) is 0.224. The Morgan fingerprint density at radius 3 is 2.59 bits per heavy atom. The predicted molar refractivity (Wildman–Crippen MR) is 141 cm³/mol. The van der Waals surface area contributed by atoms with Gasteiger partial charge in [0.1, 0.15) is 18.5 Å². The molecule has 0 unspecified atom stereocenters. The van der Waals surface area contributed by atoms with Gasteiger partial charge in [0, 0.05) is 43.2 Å². The lowest BCUT2D eigenvalue weighted by atomic mass is 9.89. The minimum Gasteiger partial charge on any atom is -0.461 e. The fourth-order valence-corrected chi connectivity index (χ4v) is 4.45. The zero-order chi connectivity index (χ0) is 26.5. The largest absolute Gasteiger partial charge is 0.461 e. The normalized spacial score (nSPS) is 16.6. The van der Waals surface area contributed by atoms with Crippen molar-refractivity contribution in [2.45, 2.75) is 32.4 Å². The van der Waals surface area contributed by atoms with E-state index in [0.717, 1.165) is 16.8 Å². The highest BCUT2D eigenvalue weighted by atomic mass is 16.5. The average Bonchev–Trinajstić information content (AvgIpc) is 2.88. The van der Waals surface area contributed by atoms with E-state index in [4.69, 9.17) is 10.00 Å². The third kappa shape index (κ3) is 5.93. The van der Waals surface area contributed by atoms with E-state index in [2.05, 4.69) is 21.4 Å². The summed E-state index contributed by atoms with van der Waals surface area (Å²) in [6.45, 7) is 4.56. The average molecular weight is 499 g/mol. The number of nitrogens with zero attached hydrogens (tertiary/aromatic N) is 5. The molecule has 0 radical (unpaired) electrons. The molecule has 2 aromatic heterocycles. The Kier molecular flexibility index (Phi) is 7.80. The minimum absolute atomic E-state index is 0.0114. The smallest absolute Gasteiger partial charge is 0.339 e. The van der Waals surface area contributed by atoms with Crippen LogP contribution < -0.4 is 10.2 Å². The highest BCUT2D eigenvalue weighted by molar-refractivity contribution is 5.94. The summed E-state index contributed by atoms with van der Waals surface area (Å²) in [7, 11) is 3.83. The highest BCUT2D eigenvalue weighted by Crippen LogP contribution is 2.40. The van der Waals surface area contributed by atoms with Crippen molar-refractivity contribution >= 4 is 23.4 Å². The first-order valence-corrected chi connectivity index (χ1v) is 12.1. The van der Waals surface area contributed by atoms with E-state index in [1.807, 2.05) is 49.0 Å². The number of esters is 1. The summed E-state index contributed by atoms with van der Waals surface area (Å²) < 4.78 is 5.30. The zero-order valence-corrected chi connectivity index (χ0v) is 21.4. The maximum Gasteiger partial charge on any atom is 0.339 e. The Hall–Kier alpha value is -4.29. The molecular weight excluding hydrogens is 468 g/mol. The van der Waals surface area contributed by atoms with E-state index in [-0.39, 0.29) is 18.0 Å². The van der Waals surface area contributed by atoms with Crippen LogP contribution in [0.25, 0.3) is 11.3 Å². The molecule has 1 aliphatic rings. The summed E-state index contributed by atoms with van der Waals surface area (Å²) in [5, 5.41) is 12.5. The minimum atomic E-state index is -0.406. The lowest BCUT2D eigenvalue weighted by Crippen LogP contribution is -2.43. The van der Waals surface area contributed by atoms with Gasteiger partial charge in [-0.25, -0.2) is 9.78 Å². The second kappa shape index (κ2) is 11.2. The number of nitrogens with one attached hydrogen (secondary N) is 1. The van der Waals surface area contributed by atoms with Gasteiger partial charge in [0.05, 0.1) is 22.9 Å². The first kappa shape index (κ1) is 25.8. The highest BCUT2D eigenvalue weighted by Gasteiger charge is 2.33. The summed E-state index contributed by atoms with van der Waals surface area (Å²) in [6.07, 6.45) is 3.74. The number of hydrogen-bond acceptors (Lipinski definition) is 8. The molecule has 0 aliphatic carbocycles. The molecular formula is C28H30N6O3. The molecule has 0 bridgehead atoms. The molecule has 37 heavy (non-hydrogen) atoms. The number of ether oxygens (including phenoxy) is 1. The first-order chi connectivity index (χ1) is 17.8. The van der Waals surface area contributed by atoms with Crippen molar-refractivity contribution in [2.75, 3.05) is 37.5 Å². The van der Waals surface area contributed by atoms with Crippen LogP contribution in [-0.4, -0.2) is 60.0 Å². The van der Waals surface area contributed by atoms with Crippen molar-refractivity contribution < 1.29 is 14.3 Å². The number of benzene rings is 1. The van der Waals surface area contributed by atoms with Crippen molar-refractivity contribution in [2.24, 2.45) is 0 Å². The van der Waals surface area contributed by atoms with E-state index in [9.17, 15) is 9.59 Å². The lowest BCUT2D eigenvalue weighted by molar-refractivity contribution is -0.117. The Labute approximate surface area is 216 Å². The van der Waals surface area contributed by atoms with Gasteiger partial charge in [0.2, 0.25) is 5.91 Å². The molecule has 1 aromatic carbocycles. The monoisotopic (exact) mass is 498 g/mol. The second-order valence-electron chi connectivity index (χ2n) is 9.36. The predicted octanol–water partition coefficient (Wildman–Crippen LogP) is 4.03. The summed E-state index contributed by atoms with van der Waals surface area (Å²) in [4.78, 5) is 37.4. The number of likely N-dealkylation sites (N-methyl/N-ethyl adjacent to an activating group) is 1. The topological polar surface area (TPSA) is 111 Å². The molecule has 9 nitrogen and oxygen atoms in total. The van der Waals surface area contributed by atoms with Crippen LogP contribution in [-0.2, 0) is 9.53 Å². The SMILES string of the molecule is CC(=O)N1c2ccc(-c3ccc(C(=O)OCCN(C)C)cn3)cc2[C@H](Nc2ccc(C#N)cn2)C[C@@H]1C. The van der Waals surface area contributed by atoms with Crippen molar-refractivity contribution in [3.8, 4) is 17.3 Å². The van der Waals surface area contributed by atoms with Crippen molar-refractivity contribution in [3.05, 3.63) is 71.5 Å². The van der Waals surface area contributed by atoms with Crippen molar-refractivity contribution in [1.29, 1.82) is 5.26 Å². The number of pyridine rings is 2. The van der Waals surface area contributed by atoms with Crippen molar-refractivity contribution in [1.82, 2.24) is 14.9 Å². The molecule has 1 amide bonds. The quantitative estimate of drug-likeness (QED) is 0.486. The van der Waals surface area contributed by atoms with Crippen LogP contribution in [0.3, 0.4) is 0 Å². The Balaban J connectivity index is 1.61. The van der Waals surface area contributed by atoms with E-state index < -0.39 is 5.97 Å². The number of carbonyl (C=O) groups is 2. The van der Waals surface area contributed by atoms with Gasteiger partial charge in [0.15, 0.2) is 0 Å².